The largest absolute Gasteiger partial charge is 0.287 e. The van der Waals surface area contributed by atoms with Crippen LogP contribution in [0.4, 0.5) is 0 Å². The summed E-state index contributed by atoms with van der Waals surface area (Å²) in [5, 5.41) is 5.73. The highest BCUT2D eigenvalue weighted by Crippen LogP contribution is 2.15. The second-order valence-corrected chi connectivity index (χ2v) is 5.97. The number of thiazole rings is 1. The molecule has 3 heterocycles. The maximum absolute atomic E-state index is 12.1. The molecule has 3 aromatic heterocycles. The molecule has 0 amide bonds. The maximum atomic E-state index is 12.1. The molecule has 3 rings (SSSR count). The van der Waals surface area contributed by atoms with Gasteiger partial charge in [0, 0.05) is 17.1 Å². The van der Waals surface area contributed by atoms with E-state index in [-0.39, 0.29) is 22.1 Å². The molecule has 0 aliphatic carbocycles. The lowest BCUT2D eigenvalue weighted by atomic mass is 10.4. The van der Waals surface area contributed by atoms with Crippen LogP contribution in [0.15, 0.2) is 27.2 Å². The van der Waals surface area contributed by atoms with Crippen LogP contribution >= 0.6 is 34.5 Å². The zero-order valence-electron chi connectivity index (χ0n) is 10.7. The van der Waals surface area contributed by atoms with Gasteiger partial charge in [-0.15, -0.1) is 11.3 Å². The highest BCUT2D eigenvalue weighted by molar-refractivity contribution is 7.15. The van der Waals surface area contributed by atoms with Crippen molar-refractivity contribution in [3.63, 3.8) is 0 Å². The van der Waals surface area contributed by atoms with Crippen LogP contribution in [0, 0.1) is 6.92 Å². The molecule has 108 valence electrons. The molecule has 0 aliphatic heterocycles. The van der Waals surface area contributed by atoms with Crippen LogP contribution in [0.5, 0.6) is 0 Å². The normalized spacial score (nSPS) is 11.2. The predicted molar refractivity (Wildman–Crippen MR) is 81.7 cm³/mol. The van der Waals surface area contributed by atoms with E-state index in [2.05, 4.69) is 10.1 Å². The third-order valence-electron chi connectivity index (χ3n) is 2.88. The molecule has 0 N–H and O–H groups in total. The first-order valence-electron chi connectivity index (χ1n) is 5.85. The minimum absolute atomic E-state index is 0.0540. The number of hydrogen-bond donors (Lipinski definition) is 0. The molecule has 21 heavy (non-hydrogen) atoms. The monoisotopic (exact) mass is 342 g/mol. The third-order valence-corrected chi connectivity index (χ3v) is 4.57. The molecule has 3 aromatic rings. The Bertz CT molecular complexity index is 960. The summed E-state index contributed by atoms with van der Waals surface area (Å²) >= 11 is 12.9. The van der Waals surface area contributed by atoms with Gasteiger partial charge < -0.3 is 0 Å². The minimum atomic E-state index is -0.520. The molecule has 0 bridgehead atoms. The van der Waals surface area contributed by atoms with E-state index in [0.29, 0.717) is 10.7 Å². The van der Waals surface area contributed by atoms with Gasteiger partial charge in [-0.05, 0) is 6.92 Å². The third kappa shape index (κ3) is 2.48. The van der Waals surface area contributed by atoms with E-state index in [9.17, 15) is 9.59 Å². The lowest BCUT2D eigenvalue weighted by molar-refractivity contribution is 0.627. The summed E-state index contributed by atoms with van der Waals surface area (Å²) in [5.74, 6) is 0. The van der Waals surface area contributed by atoms with Crippen molar-refractivity contribution >= 4 is 39.5 Å². The standard InChI is InChI=1S/C12H8Cl2N4O2S/c1-6-5-21-12-16-7(2-9(19)18(6)12)4-17-11(20)10(14)8(13)3-15-17/h2-3,5H,4H2,1H3. The van der Waals surface area contributed by atoms with Gasteiger partial charge in [0.05, 0.1) is 23.5 Å². The Labute approximate surface area is 132 Å². The summed E-state index contributed by atoms with van der Waals surface area (Å²) in [6, 6.07) is 1.38. The summed E-state index contributed by atoms with van der Waals surface area (Å²) in [6.45, 7) is 1.88. The molecular formula is C12H8Cl2N4O2S. The highest BCUT2D eigenvalue weighted by atomic mass is 35.5. The van der Waals surface area contributed by atoms with Crippen molar-refractivity contribution in [2.45, 2.75) is 13.5 Å². The molecule has 0 aliphatic rings. The molecular weight excluding hydrogens is 335 g/mol. The summed E-state index contributed by atoms with van der Waals surface area (Å²) in [4.78, 5) is 28.9. The zero-order valence-corrected chi connectivity index (χ0v) is 13.0. The first-order valence-corrected chi connectivity index (χ1v) is 7.49. The van der Waals surface area contributed by atoms with Gasteiger partial charge in [-0.1, -0.05) is 23.2 Å². The first-order chi connectivity index (χ1) is 9.97. The smallest absolute Gasteiger partial charge is 0.269 e. The Morgan fingerprint density at radius 3 is 2.86 bits per heavy atom. The van der Waals surface area contributed by atoms with Gasteiger partial charge in [0.1, 0.15) is 5.02 Å². The number of fused-ring (bicyclic) bond motifs is 1. The van der Waals surface area contributed by atoms with Gasteiger partial charge >= 0.3 is 0 Å². The van der Waals surface area contributed by atoms with Crippen LogP contribution in [0.2, 0.25) is 10.0 Å². The Morgan fingerprint density at radius 2 is 2.10 bits per heavy atom. The van der Waals surface area contributed by atoms with Gasteiger partial charge in [0.2, 0.25) is 0 Å². The van der Waals surface area contributed by atoms with Crippen LogP contribution in [-0.4, -0.2) is 19.2 Å². The second-order valence-electron chi connectivity index (χ2n) is 4.35. The Kier molecular flexibility index (Phi) is 3.56. The van der Waals surface area contributed by atoms with E-state index in [4.69, 9.17) is 23.2 Å². The molecule has 0 spiro atoms. The fourth-order valence-corrected chi connectivity index (χ4v) is 3.05. The number of halogens is 2. The molecule has 0 saturated carbocycles. The average Bonchev–Trinajstić information content (AvgIpc) is 2.81. The van der Waals surface area contributed by atoms with E-state index in [1.54, 1.807) is 0 Å². The van der Waals surface area contributed by atoms with Gasteiger partial charge in [0.15, 0.2) is 4.96 Å². The van der Waals surface area contributed by atoms with Gasteiger partial charge in [-0.3, -0.25) is 14.0 Å². The maximum Gasteiger partial charge on any atom is 0.287 e. The van der Waals surface area contributed by atoms with Crippen molar-refractivity contribution in [3.05, 3.63) is 59.8 Å². The summed E-state index contributed by atoms with van der Waals surface area (Å²) in [7, 11) is 0. The van der Waals surface area contributed by atoms with Gasteiger partial charge in [-0.25, -0.2) is 9.67 Å². The van der Waals surface area contributed by atoms with Crippen LogP contribution in [-0.2, 0) is 6.54 Å². The number of nitrogens with zero attached hydrogens (tertiary/aromatic N) is 4. The van der Waals surface area contributed by atoms with Crippen molar-refractivity contribution < 1.29 is 0 Å². The van der Waals surface area contributed by atoms with E-state index in [1.807, 2.05) is 12.3 Å². The minimum Gasteiger partial charge on any atom is -0.269 e. The fraction of sp³-hybridized carbons (Fsp3) is 0.167. The average molecular weight is 343 g/mol. The summed E-state index contributed by atoms with van der Waals surface area (Å²) in [5.41, 5.74) is 0.550. The molecule has 0 saturated heterocycles. The Balaban J connectivity index is 2.09. The molecule has 0 atom stereocenters. The van der Waals surface area contributed by atoms with Crippen LogP contribution in [0.3, 0.4) is 0 Å². The Hall–Kier alpha value is -1.70. The number of rotatable bonds is 2. The summed E-state index contributed by atoms with van der Waals surface area (Å²) in [6.07, 6.45) is 1.28. The molecule has 0 aromatic carbocycles. The van der Waals surface area contributed by atoms with Gasteiger partial charge in [0.25, 0.3) is 11.1 Å². The van der Waals surface area contributed by atoms with Crippen molar-refractivity contribution in [2.75, 3.05) is 0 Å². The molecule has 9 heteroatoms. The van der Waals surface area contributed by atoms with Crippen LogP contribution < -0.4 is 11.1 Å². The predicted octanol–water partition coefficient (Wildman–Crippen LogP) is 1.98. The van der Waals surface area contributed by atoms with Gasteiger partial charge in [-0.2, -0.15) is 5.10 Å². The molecule has 0 radical (unpaired) electrons. The molecule has 6 nitrogen and oxygen atoms in total. The topological polar surface area (TPSA) is 69.3 Å². The number of aryl methyl sites for hydroxylation is 1. The van der Waals surface area contributed by atoms with Crippen molar-refractivity contribution in [1.82, 2.24) is 19.2 Å². The van der Waals surface area contributed by atoms with E-state index in [1.165, 1.54) is 28.0 Å². The fourth-order valence-electron chi connectivity index (χ4n) is 1.89. The number of aromatic nitrogens is 4. The second kappa shape index (κ2) is 5.25. The first kappa shape index (κ1) is 14.2. The lowest BCUT2D eigenvalue weighted by Crippen LogP contribution is -2.25. The highest BCUT2D eigenvalue weighted by Gasteiger charge is 2.11. The van der Waals surface area contributed by atoms with Crippen molar-refractivity contribution in [1.29, 1.82) is 0 Å². The molecule has 0 fully saturated rings. The summed E-state index contributed by atoms with van der Waals surface area (Å²) < 4.78 is 2.63. The van der Waals surface area contributed by atoms with E-state index >= 15 is 0 Å². The SMILES string of the molecule is Cc1csc2nc(Cn3ncc(Cl)c(Cl)c3=O)cc(=O)n12. The zero-order chi connectivity index (χ0) is 15.1. The van der Waals surface area contributed by atoms with E-state index in [0.717, 1.165) is 10.4 Å². The van der Waals surface area contributed by atoms with Crippen molar-refractivity contribution in [3.8, 4) is 0 Å². The number of hydrogen-bond acceptors (Lipinski definition) is 5. The van der Waals surface area contributed by atoms with Crippen molar-refractivity contribution in [2.24, 2.45) is 0 Å². The van der Waals surface area contributed by atoms with Crippen LogP contribution in [0.25, 0.3) is 4.96 Å². The quantitative estimate of drug-likeness (QED) is 0.713. The lowest BCUT2D eigenvalue weighted by Gasteiger charge is -2.05. The van der Waals surface area contributed by atoms with Crippen LogP contribution in [0.1, 0.15) is 11.4 Å². The van der Waals surface area contributed by atoms with E-state index < -0.39 is 5.56 Å². The Morgan fingerprint density at radius 1 is 1.33 bits per heavy atom. The molecule has 0 unspecified atom stereocenters.